The number of carbonyl (C=O) groups excluding carboxylic acids is 1. The highest BCUT2D eigenvalue weighted by atomic mass is 16.5. The average molecular weight is 485 g/mol. The van der Waals surface area contributed by atoms with Crippen molar-refractivity contribution in [1.82, 2.24) is 29.2 Å². The Morgan fingerprint density at radius 3 is 2.67 bits per heavy atom. The third-order valence-electron chi connectivity index (χ3n) is 6.50. The molecule has 9 nitrogen and oxygen atoms in total. The Hall–Kier alpha value is -4.24. The van der Waals surface area contributed by atoms with Crippen LogP contribution < -0.4 is 11.0 Å². The Morgan fingerprint density at radius 2 is 1.92 bits per heavy atom. The lowest BCUT2D eigenvalue weighted by molar-refractivity contribution is -0.124. The number of imidazole rings is 1. The van der Waals surface area contributed by atoms with Gasteiger partial charge in [-0.25, -0.2) is 4.79 Å². The maximum atomic E-state index is 13.5. The average Bonchev–Trinajstić information content (AvgIpc) is 3.40. The number of rotatable bonds is 7. The first-order valence-corrected chi connectivity index (χ1v) is 11.8. The number of nitrogens with zero attached hydrogens (tertiary/aromatic N) is 5. The van der Waals surface area contributed by atoms with Crippen LogP contribution in [-0.2, 0) is 16.6 Å². The minimum absolute atomic E-state index is 0.173. The fourth-order valence-electron chi connectivity index (χ4n) is 4.46. The van der Waals surface area contributed by atoms with Crippen LogP contribution in [0.3, 0.4) is 0 Å². The van der Waals surface area contributed by atoms with E-state index in [1.54, 1.807) is 47.3 Å². The lowest BCUT2D eigenvalue weighted by atomic mass is 10.0. The Morgan fingerprint density at radius 1 is 1.14 bits per heavy atom. The number of pyridine rings is 1. The summed E-state index contributed by atoms with van der Waals surface area (Å²) in [5, 5.41) is 8.28. The Kier molecular flexibility index (Phi) is 6.15. The van der Waals surface area contributed by atoms with Gasteiger partial charge in [0, 0.05) is 26.1 Å². The molecule has 0 fully saturated rings. The van der Waals surface area contributed by atoms with E-state index < -0.39 is 6.04 Å². The van der Waals surface area contributed by atoms with Crippen LogP contribution in [0.15, 0.2) is 65.7 Å². The molecule has 3 heterocycles. The van der Waals surface area contributed by atoms with Crippen molar-refractivity contribution in [1.29, 1.82) is 0 Å². The molecular formula is C27H28N6O3. The van der Waals surface area contributed by atoms with E-state index in [-0.39, 0.29) is 11.6 Å². The normalized spacial score (nSPS) is 12.3. The van der Waals surface area contributed by atoms with E-state index in [4.69, 9.17) is 4.74 Å². The molecule has 1 atom stereocenters. The molecule has 9 heteroatoms. The molecular weight excluding hydrogens is 456 g/mol. The second kappa shape index (κ2) is 9.43. The van der Waals surface area contributed by atoms with Crippen LogP contribution in [0, 0.1) is 6.92 Å². The molecule has 1 unspecified atom stereocenters. The number of amides is 1. The van der Waals surface area contributed by atoms with Gasteiger partial charge in [-0.05, 0) is 37.1 Å². The van der Waals surface area contributed by atoms with Crippen LogP contribution in [0.25, 0.3) is 38.8 Å². The van der Waals surface area contributed by atoms with Crippen LogP contribution >= 0.6 is 0 Å². The molecule has 184 valence electrons. The summed E-state index contributed by atoms with van der Waals surface area (Å²) in [6, 6.07) is 15.6. The number of ether oxygens (including phenoxy) is 1. The predicted octanol–water partition coefficient (Wildman–Crippen LogP) is 3.37. The van der Waals surface area contributed by atoms with Crippen molar-refractivity contribution in [2.45, 2.75) is 19.9 Å². The van der Waals surface area contributed by atoms with Gasteiger partial charge in [0.25, 0.3) is 0 Å². The van der Waals surface area contributed by atoms with E-state index in [0.29, 0.717) is 24.5 Å². The van der Waals surface area contributed by atoms with E-state index in [2.05, 4.69) is 33.6 Å². The van der Waals surface area contributed by atoms with Crippen LogP contribution in [0.2, 0.25) is 0 Å². The fourth-order valence-corrected chi connectivity index (χ4v) is 4.46. The lowest BCUT2D eigenvalue weighted by Crippen LogP contribution is -2.33. The molecule has 1 N–H and O–H groups in total. The Labute approximate surface area is 207 Å². The van der Waals surface area contributed by atoms with Crippen molar-refractivity contribution in [2.75, 3.05) is 20.3 Å². The number of carbonyl (C=O) groups is 1. The molecule has 0 radical (unpaired) electrons. The second-order valence-electron chi connectivity index (χ2n) is 8.81. The van der Waals surface area contributed by atoms with Crippen molar-refractivity contribution in [3.05, 3.63) is 77.1 Å². The van der Waals surface area contributed by atoms with Crippen molar-refractivity contribution >= 4 is 27.8 Å². The van der Waals surface area contributed by atoms with Gasteiger partial charge in [0.2, 0.25) is 5.91 Å². The zero-order valence-electron chi connectivity index (χ0n) is 20.7. The minimum Gasteiger partial charge on any atom is -0.383 e. The largest absolute Gasteiger partial charge is 0.383 e. The standard InChI is InChI=1S/C27H28N6O3/c1-17-24(16-32(30-17)18(2)26(34)28-12-13-36-4)33-25-21-14-20(19-8-6-5-7-9-19)10-11-22(21)29-15-23(25)31(3)27(33)35/h5-11,14-16,18H,12-13H2,1-4H3,(H,28,34). The van der Waals surface area contributed by atoms with Crippen molar-refractivity contribution in [3.63, 3.8) is 0 Å². The summed E-state index contributed by atoms with van der Waals surface area (Å²) in [5.74, 6) is -0.173. The maximum absolute atomic E-state index is 13.5. The van der Waals surface area contributed by atoms with Gasteiger partial charge in [-0.2, -0.15) is 5.10 Å². The van der Waals surface area contributed by atoms with Crippen LogP contribution in [0.5, 0.6) is 0 Å². The van der Waals surface area contributed by atoms with Crippen molar-refractivity contribution in [2.24, 2.45) is 7.05 Å². The molecule has 3 aromatic heterocycles. The van der Waals surface area contributed by atoms with E-state index in [9.17, 15) is 9.59 Å². The van der Waals surface area contributed by atoms with Gasteiger partial charge in [0.1, 0.15) is 6.04 Å². The third kappa shape index (κ3) is 3.97. The number of aryl methyl sites for hydroxylation is 2. The summed E-state index contributed by atoms with van der Waals surface area (Å²) in [6.45, 7) is 4.46. The topological polar surface area (TPSA) is 96.0 Å². The zero-order chi connectivity index (χ0) is 25.4. The van der Waals surface area contributed by atoms with E-state index >= 15 is 0 Å². The number of benzene rings is 2. The molecule has 0 bridgehead atoms. The number of aromatic nitrogens is 5. The summed E-state index contributed by atoms with van der Waals surface area (Å²) in [4.78, 5) is 30.7. The quantitative estimate of drug-likeness (QED) is 0.357. The molecule has 5 rings (SSSR count). The molecule has 0 spiro atoms. The summed E-state index contributed by atoms with van der Waals surface area (Å²) in [6.07, 6.45) is 3.48. The van der Waals surface area contributed by atoms with Crippen LogP contribution in [0.1, 0.15) is 18.7 Å². The highest BCUT2D eigenvalue weighted by Gasteiger charge is 2.22. The Balaban J connectivity index is 1.67. The highest BCUT2D eigenvalue weighted by Crippen LogP contribution is 2.30. The molecule has 0 aliphatic rings. The van der Waals surface area contributed by atoms with Gasteiger partial charge < -0.3 is 10.1 Å². The predicted molar refractivity (Wildman–Crippen MR) is 139 cm³/mol. The molecule has 5 aromatic rings. The molecule has 2 aromatic carbocycles. The summed E-state index contributed by atoms with van der Waals surface area (Å²) < 4.78 is 9.86. The highest BCUT2D eigenvalue weighted by molar-refractivity contribution is 6.04. The fraction of sp³-hybridized carbons (Fsp3) is 0.259. The number of hydrogen-bond acceptors (Lipinski definition) is 5. The first-order chi connectivity index (χ1) is 17.4. The second-order valence-corrected chi connectivity index (χ2v) is 8.81. The zero-order valence-corrected chi connectivity index (χ0v) is 20.7. The smallest absolute Gasteiger partial charge is 0.333 e. The van der Waals surface area contributed by atoms with Crippen LogP contribution in [-0.4, -0.2) is 50.1 Å². The van der Waals surface area contributed by atoms with E-state index in [1.807, 2.05) is 37.3 Å². The molecule has 1 amide bonds. The SMILES string of the molecule is COCCNC(=O)C(C)n1cc(-n2c(=O)n(C)c3cnc4ccc(-c5ccccc5)cc4c32)c(C)n1. The van der Waals surface area contributed by atoms with Crippen molar-refractivity contribution in [3.8, 4) is 16.8 Å². The number of nitrogens with one attached hydrogen (secondary N) is 1. The van der Waals surface area contributed by atoms with Gasteiger partial charge in [-0.1, -0.05) is 36.4 Å². The van der Waals surface area contributed by atoms with Gasteiger partial charge in [0.15, 0.2) is 0 Å². The Bertz CT molecular complexity index is 1630. The monoisotopic (exact) mass is 484 g/mol. The first-order valence-electron chi connectivity index (χ1n) is 11.8. The van der Waals surface area contributed by atoms with Crippen molar-refractivity contribution < 1.29 is 9.53 Å². The third-order valence-corrected chi connectivity index (χ3v) is 6.50. The summed E-state index contributed by atoms with van der Waals surface area (Å²) >= 11 is 0. The lowest BCUT2D eigenvalue weighted by Gasteiger charge is -2.12. The number of methoxy groups -OCH3 is 1. The first kappa shape index (κ1) is 23.5. The molecule has 0 saturated heterocycles. The van der Waals surface area contributed by atoms with Gasteiger partial charge >= 0.3 is 5.69 Å². The molecule has 0 saturated carbocycles. The summed E-state index contributed by atoms with van der Waals surface area (Å²) in [7, 11) is 3.32. The minimum atomic E-state index is -0.553. The van der Waals surface area contributed by atoms with E-state index in [1.165, 1.54) is 0 Å². The number of hydrogen-bond donors (Lipinski definition) is 1. The van der Waals surface area contributed by atoms with Gasteiger partial charge in [-0.15, -0.1) is 0 Å². The molecule has 0 aliphatic heterocycles. The van der Waals surface area contributed by atoms with Gasteiger partial charge in [-0.3, -0.25) is 23.6 Å². The van der Waals surface area contributed by atoms with Gasteiger partial charge in [0.05, 0.1) is 46.9 Å². The maximum Gasteiger partial charge on any atom is 0.333 e. The van der Waals surface area contributed by atoms with E-state index in [0.717, 1.165) is 33.1 Å². The summed E-state index contributed by atoms with van der Waals surface area (Å²) in [5.41, 5.74) is 5.44. The van der Waals surface area contributed by atoms with Crippen LogP contribution in [0.4, 0.5) is 0 Å². The molecule has 0 aliphatic carbocycles. The number of fused-ring (bicyclic) bond motifs is 3. The molecule has 36 heavy (non-hydrogen) atoms.